The summed E-state index contributed by atoms with van der Waals surface area (Å²) in [6, 6.07) is 18.4. The van der Waals surface area contributed by atoms with E-state index in [9.17, 15) is 9.59 Å². The highest BCUT2D eigenvalue weighted by Gasteiger charge is 2.24. The van der Waals surface area contributed by atoms with Gasteiger partial charge in [-0.1, -0.05) is 67.4 Å². The van der Waals surface area contributed by atoms with Crippen LogP contribution in [0.2, 0.25) is 10.0 Å². The molecule has 0 fully saturated rings. The monoisotopic (exact) mass is 559 g/mol. The molecular weight excluding hydrogens is 529 g/mol. The first kappa shape index (κ1) is 29.1. The van der Waals surface area contributed by atoms with Gasteiger partial charge in [-0.05, 0) is 55.7 Å². The van der Waals surface area contributed by atoms with Gasteiger partial charge in [-0.15, -0.1) is 0 Å². The van der Waals surface area contributed by atoms with Gasteiger partial charge in [0.25, 0.3) is 0 Å². The van der Waals surface area contributed by atoms with E-state index in [-0.39, 0.29) is 47.2 Å². The Morgan fingerprint density at radius 2 is 1.55 bits per heavy atom. The van der Waals surface area contributed by atoms with Crippen LogP contribution >= 0.6 is 23.2 Å². The largest absolute Gasteiger partial charge is 0.489 e. The second kappa shape index (κ2) is 13.9. The Morgan fingerprint density at radius 3 is 2.16 bits per heavy atom. The highest BCUT2D eigenvalue weighted by molar-refractivity contribution is 6.37. The van der Waals surface area contributed by atoms with E-state index in [1.807, 2.05) is 42.5 Å². The van der Waals surface area contributed by atoms with E-state index in [1.165, 1.54) is 12.1 Å². The van der Waals surface area contributed by atoms with Crippen molar-refractivity contribution >= 4 is 41.0 Å². The van der Waals surface area contributed by atoms with Crippen LogP contribution in [0.5, 0.6) is 17.2 Å². The molecule has 0 aliphatic carbocycles. The number of hydrogen-bond donors (Lipinski definition) is 0. The Balaban J connectivity index is 1.85. The van der Waals surface area contributed by atoms with Gasteiger partial charge in [0.1, 0.15) is 24.7 Å². The molecule has 3 aromatic carbocycles. The maximum Gasteiger partial charge on any atom is 0.414 e. The molecule has 7 nitrogen and oxygen atoms in total. The molecule has 3 aromatic rings. The van der Waals surface area contributed by atoms with Crippen LogP contribution < -0.4 is 14.4 Å². The Labute approximate surface area is 233 Å². The molecule has 0 saturated carbocycles. The van der Waals surface area contributed by atoms with E-state index in [4.69, 9.17) is 42.1 Å². The molecule has 0 radical (unpaired) electrons. The maximum atomic E-state index is 12.5. The summed E-state index contributed by atoms with van der Waals surface area (Å²) < 4.78 is 22.2. The van der Waals surface area contributed by atoms with E-state index in [0.29, 0.717) is 12.4 Å². The molecule has 0 unspecified atom stereocenters. The zero-order chi connectivity index (χ0) is 27.7. The molecule has 0 saturated heterocycles. The van der Waals surface area contributed by atoms with Crippen LogP contribution in [-0.4, -0.2) is 31.8 Å². The average Bonchev–Trinajstić information content (AvgIpc) is 2.89. The highest BCUT2D eigenvalue weighted by atomic mass is 35.5. The SMILES string of the molecule is CCOC(=O)CN(C(=O)OCC)c1cc(Cl)c(Oc2ccc(OCc3ccccc3)c(C(C)C)c2)c(Cl)c1. The molecule has 3 rings (SSSR count). The van der Waals surface area contributed by atoms with Crippen molar-refractivity contribution < 1.29 is 28.5 Å². The molecule has 0 spiro atoms. The summed E-state index contributed by atoms with van der Waals surface area (Å²) in [4.78, 5) is 25.7. The van der Waals surface area contributed by atoms with Crippen LogP contribution in [0.1, 0.15) is 44.7 Å². The molecule has 202 valence electrons. The van der Waals surface area contributed by atoms with Gasteiger partial charge in [-0.2, -0.15) is 0 Å². The number of esters is 1. The van der Waals surface area contributed by atoms with Crippen molar-refractivity contribution in [1.29, 1.82) is 0 Å². The first-order chi connectivity index (χ1) is 18.2. The number of carbonyl (C=O) groups excluding carboxylic acids is 2. The number of rotatable bonds is 11. The Hall–Kier alpha value is -3.42. The summed E-state index contributed by atoms with van der Waals surface area (Å²) in [5.41, 5.74) is 2.30. The standard InChI is InChI=1S/C29H31Cl2NO6/c1-5-35-27(33)17-32(29(34)36-6-2)21-14-24(30)28(25(31)15-21)38-22-12-13-26(23(16-22)19(3)4)37-18-20-10-8-7-9-11-20/h7-16,19H,5-6,17-18H2,1-4H3. The molecule has 38 heavy (non-hydrogen) atoms. The van der Waals surface area contributed by atoms with Crippen LogP contribution in [0, 0.1) is 0 Å². The fourth-order valence-corrected chi connectivity index (χ4v) is 4.18. The predicted molar refractivity (Wildman–Crippen MR) is 149 cm³/mol. The number of anilines is 1. The average molecular weight is 560 g/mol. The number of ether oxygens (including phenoxy) is 4. The number of nitrogens with zero attached hydrogens (tertiary/aromatic N) is 1. The van der Waals surface area contributed by atoms with Gasteiger partial charge in [0.2, 0.25) is 0 Å². The molecule has 0 N–H and O–H groups in total. The molecular formula is C29H31Cl2NO6. The van der Waals surface area contributed by atoms with E-state index in [2.05, 4.69) is 13.8 Å². The number of halogens is 2. The van der Waals surface area contributed by atoms with Crippen LogP contribution in [0.25, 0.3) is 0 Å². The van der Waals surface area contributed by atoms with Crippen molar-refractivity contribution in [2.75, 3.05) is 24.7 Å². The summed E-state index contributed by atoms with van der Waals surface area (Å²) in [5.74, 6) is 1.06. The van der Waals surface area contributed by atoms with Gasteiger partial charge < -0.3 is 18.9 Å². The van der Waals surface area contributed by atoms with Crippen molar-refractivity contribution in [3.8, 4) is 17.2 Å². The molecule has 0 bridgehead atoms. The lowest BCUT2D eigenvalue weighted by Crippen LogP contribution is -2.37. The first-order valence-corrected chi connectivity index (χ1v) is 13.1. The second-order valence-corrected chi connectivity index (χ2v) is 9.37. The lowest BCUT2D eigenvalue weighted by atomic mass is 10.0. The fourth-order valence-electron chi connectivity index (χ4n) is 3.62. The minimum Gasteiger partial charge on any atom is -0.489 e. The summed E-state index contributed by atoms with van der Waals surface area (Å²) in [6.07, 6.45) is -0.728. The van der Waals surface area contributed by atoms with Gasteiger partial charge in [0.05, 0.1) is 28.9 Å². The van der Waals surface area contributed by atoms with Crippen molar-refractivity contribution in [3.63, 3.8) is 0 Å². The van der Waals surface area contributed by atoms with E-state index in [0.717, 1.165) is 21.8 Å². The highest BCUT2D eigenvalue weighted by Crippen LogP contribution is 2.41. The van der Waals surface area contributed by atoms with Gasteiger partial charge in [0.15, 0.2) is 5.75 Å². The van der Waals surface area contributed by atoms with Gasteiger partial charge in [-0.3, -0.25) is 9.69 Å². The van der Waals surface area contributed by atoms with Crippen LogP contribution in [-0.2, 0) is 20.9 Å². The summed E-state index contributed by atoms with van der Waals surface area (Å²) in [7, 11) is 0. The van der Waals surface area contributed by atoms with E-state index >= 15 is 0 Å². The summed E-state index contributed by atoms with van der Waals surface area (Å²) in [6.45, 7) is 7.88. The molecule has 0 aliphatic rings. The zero-order valence-corrected chi connectivity index (χ0v) is 23.3. The zero-order valence-electron chi connectivity index (χ0n) is 21.8. The van der Waals surface area contributed by atoms with Crippen LogP contribution in [0.3, 0.4) is 0 Å². The fraction of sp³-hybridized carbons (Fsp3) is 0.310. The van der Waals surface area contributed by atoms with Gasteiger partial charge in [-0.25, -0.2) is 4.79 Å². The predicted octanol–water partition coefficient (Wildman–Crippen LogP) is 8.01. The molecule has 9 heteroatoms. The Kier molecular flexibility index (Phi) is 10.7. The number of hydrogen-bond acceptors (Lipinski definition) is 6. The topological polar surface area (TPSA) is 74.3 Å². The van der Waals surface area contributed by atoms with Crippen molar-refractivity contribution in [2.45, 2.75) is 40.2 Å². The number of carbonyl (C=O) groups is 2. The minimum atomic E-state index is -0.728. The number of amides is 1. The van der Waals surface area contributed by atoms with Crippen molar-refractivity contribution in [1.82, 2.24) is 0 Å². The third-order valence-electron chi connectivity index (χ3n) is 5.44. The quantitative estimate of drug-likeness (QED) is 0.221. The van der Waals surface area contributed by atoms with Crippen molar-refractivity contribution in [2.24, 2.45) is 0 Å². The Bertz CT molecular complexity index is 1230. The van der Waals surface area contributed by atoms with Gasteiger partial charge in [0, 0.05) is 5.56 Å². The second-order valence-electron chi connectivity index (χ2n) is 8.56. The minimum absolute atomic E-state index is 0.129. The van der Waals surface area contributed by atoms with Crippen LogP contribution in [0.4, 0.5) is 10.5 Å². The lowest BCUT2D eigenvalue weighted by Gasteiger charge is -2.22. The van der Waals surface area contributed by atoms with Gasteiger partial charge >= 0.3 is 12.1 Å². The van der Waals surface area contributed by atoms with E-state index in [1.54, 1.807) is 19.9 Å². The number of benzene rings is 3. The molecule has 0 heterocycles. The first-order valence-electron chi connectivity index (χ1n) is 12.3. The third-order valence-corrected chi connectivity index (χ3v) is 6.00. The summed E-state index contributed by atoms with van der Waals surface area (Å²) >= 11 is 13.1. The molecule has 0 atom stereocenters. The van der Waals surface area contributed by atoms with Crippen LogP contribution in [0.15, 0.2) is 60.7 Å². The smallest absolute Gasteiger partial charge is 0.414 e. The molecule has 0 aromatic heterocycles. The lowest BCUT2D eigenvalue weighted by molar-refractivity contribution is -0.141. The Morgan fingerprint density at radius 1 is 0.895 bits per heavy atom. The van der Waals surface area contributed by atoms with E-state index < -0.39 is 12.1 Å². The van der Waals surface area contributed by atoms with Crippen molar-refractivity contribution in [3.05, 3.63) is 81.8 Å². The molecule has 0 aliphatic heterocycles. The molecule has 1 amide bonds. The summed E-state index contributed by atoms with van der Waals surface area (Å²) in [5, 5.41) is 0.308. The third kappa shape index (κ3) is 7.79. The normalized spacial score (nSPS) is 10.7. The maximum absolute atomic E-state index is 12.5.